The molecule has 1 aromatic heterocycles. The highest BCUT2D eigenvalue weighted by molar-refractivity contribution is 5.94. The van der Waals surface area contributed by atoms with Crippen molar-refractivity contribution in [2.75, 3.05) is 26.8 Å². The number of hydrogen-bond acceptors (Lipinski definition) is 4. The molecular formula is C25H29N3O4. The van der Waals surface area contributed by atoms with E-state index in [0.717, 1.165) is 40.8 Å². The van der Waals surface area contributed by atoms with Crippen LogP contribution < -0.4 is 14.8 Å². The van der Waals surface area contributed by atoms with Crippen LogP contribution in [-0.2, 0) is 11.2 Å². The zero-order valence-electron chi connectivity index (χ0n) is 18.5. The normalized spacial score (nSPS) is 14.4. The van der Waals surface area contributed by atoms with Gasteiger partial charge >= 0.3 is 0 Å². The number of aromatic nitrogens is 1. The SMILES string of the molecule is CCOc1ccc(C(=O)N2CCC(NC(=O)Cc3c[nH]c4ccc(OC)cc34)CC2)cc1. The van der Waals surface area contributed by atoms with Gasteiger partial charge in [0.2, 0.25) is 5.91 Å². The van der Waals surface area contributed by atoms with Gasteiger partial charge in [0, 0.05) is 41.8 Å². The summed E-state index contributed by atoms with van der Waals surface area (Å²) in [7, 11) is 1.63. The van der Waals surface area contributed by atoms with Gasteiger partial charge in [0.25, 0.3) is 5.91 Å². The summed E-state index contributed by atoms with van der Waals surface area (Å²) in [6.07, 6.45) is 3.67. The quantitative estimate of drug-likeness (QED) is 0.595. The summed E-state index contributed by atoms with van der Waals surface area (Å²) in [5.74, 6) is 1.54. The predicted molar refractivity (Wildman–Crippen MR) is 123 cm³/mol. The van der Waals surface area contributed by atoms with E-state index < -0.39 is 0 Å². The Morgan fingerprint density at radius 3 is 2.50 bits per heavy atom. The van der Waals surface area contributed by atoms with Crippen LogP contribution in [-0.4, -0.2) is 54.5 Å². The first kappa shape index (κ1) is 21.7. The summed E-state index contributed by atoms with van der Waals surface area (Å²) in [5.41, 5.74) is 2.58. The Balaban J connectivity index is 1.29. The van der Waals surface area contributed by atoms with Crippen molar-refractivity contribution in [3.05, 3.63) is 59.8 Å². The maximum Gasteiger partial charge on any atom is 0.253 e. The molecule has 0 spiro atoms. The second-order valence-electron chi connectivity index (χ2n) is 7.99. The summed E-state index contributed by atoms with van der Waals surface area (Å²) in [5, 5.41) is 4.13. The van der Waals surface area contributed by atoms with Crippen LogP contribution in [0.3, 0.4) is 0 Å². The van der Waals surface area contributed by atoms with E-state index >= 15 is 0 Å². The molecule has 1 aliphatic rings. The number of methoxy groups -OCH3 is 1. The number of nitrogens with zero attached hydrogens (tertiary/aromatic N) is 1. The van der Waals surface area contributed by atoms with Crippen LogP contribution in [0.4, 0.5) is 0 Å². The average molecular weight is 436 g/mol. The number of hydrogen-bond donors (Lipinski definition) is 2. The molecule has 2 amide bonds. The molecule has 2 aromatic carbocycles. The molecule has 2 heterocycles. The molecule has 32 heavy (non-hydrogen) atoms. The lowest BCUT2D eigenvalue weighted by molar-refractivity contribution is -0.121. The molecule has 0 aliphatic carbocycles. The molecule has 7 nitrogen and oxygen atoms in total. The molecule has 0 bridgehead atoms. The number of rotatable bonds is 7. The highest BCUT2D eigenvalue weighted by Gasteiger charge is 2.25. The third kappa shape index (κ3) is 4.88. The number of ether oxygens (including phenoxy) is 2. The molecule has 4 rings (SSSR count). The van der Waals surface area contributed by atoms with E-state index in [4.69, 9.17) is 9.47 Å². The standard InChI is InChI=1S/C25H29N3O4/c1-3-32-20-6-4-17(5-7-20)25(30)28-12-10-19(11-13-28)27-24(29)14-18-16-26-23-9-8-21(31-2)15-22(18)23/h4-9,15-16,19,26H,3,10-14H2,1-2H3,(H,27,29). The van der Waals surface area contributed by atoms with Crippen LogP contribution in [0.15, 0.2) is 48.7 Å². The fourth-order valence-corrected chi connectivity index (χ4v) is 4.15. The number of carbonyl (C=O) groups is 2. The molecule has 0 radical (unpaired) electrons. The number of piperidine rings is 1. The minimum Gasteiger partial charge on any atom is -0.497 e. The number of amides is 2. The number of likely N-dealkylation sites (tertiary alicyclic amines) is 1. The maximum atomic E-state index is 12.8. The van der Waals surface area contributed by atoms with Gasteiger partial charge < -0.3 is 24.7 Å². The molecule has 0 saturated carbocycles. The Morgan fingerprint density at radius 1 is 1.09 bits per heavy atom. The Hall–Kier alpha value is -3.48. The van der Waals surface area contributed by atoms with E-state index in [0.29, 0.717) is 31.7 Å². The van der Waals surface area contributed by atoms with Crippen molar-refractivity contribution in [1.29, 1.82) is 0 Å². The molecule has 1 fully saturated rings. The fraction of sp³-hybridized carbons (Fsp3) is 0.360. The zero-order chi connectivity index (χ0) is 22.5. The van der Waals surface area contributed by atoms with Crippen LogP contribution >= 0.6 is 0 Å². The van der Waals surface area contributed by atoms with E-state index in [9.17, 15) is 9.59 Å². The number of fused-ring (bicyclic) bond motifs is 1. The van der Waals surface area contributed by atoms with Gasteiger partial charge in [-0.25, -0.2) is 0 Å². The minimum absolute atomic E-state index is 0.00925. The van der Waals surface area contributed by atoms with Crippen LogP contribution in [0.5, 0.6) is 11.5 Å². The molecule has 0 unspecified atom stereocenters. The smallest absolute Gasteiger partial charge is 0.253 e. The summed E-state index contributed by atoms with van der Waals surface area (Å²) in [6, 6.07) is 13.1. The van der Waals surface area contributed by atoms with E-state index in [1.807, 2.05) is 48.4 Å². The molecule has 7 heteroatoms. The monoisotopic (exact) mass is 435 g/mol. The summed E-state index contributed by atoms with van der Waals surface area (Å²) in [4.78, 5) is 30.5. The molecule has 168 valence electrons. The molecule has 2 N–H and O–H groups in total. The first-order valence-electron chi connectivity index (χ1n) is 11.0. The van der Waals surface area contributed by atoms with Crippen LogP contribution in [0, 0.1) is 0 Å². The largest absolute Gasteiger partial charge is 0.497 e. The number of nitrogens with one attached hydrogen (secondary N) is 2. The van der Waals surface area contributed by atoms with Crippen molar-refractivity contribution in [3.8, 4) is 11.5 Å². The maximum absolute atomic E-state index is 12.8. The molecule has 0 atom stereocenters. The second kappa shape index (κ2) is 9.77. The lowest BCUT2D eigenvalue weighted by Crippen LogP contribution is -2.46. The molecular weight excluding hydrogens is 406 g/mol. The van der Waals surface area contributed by atoms with Crippen LogP contribution in [0.1, 0.15) is 35.7 Å². The Bertz CT molecular complexity index is 1080. The van der Waals surface area contributed by atoms with Gasteiger partial charge in [-0.05, 0) is 67.8 Å². The average Bonchev–Trinajstić information content (AvgIpc) is 3.21. The lowest BCUT2D eigenvalue weighted by atomic mass is 10.0. The van der Waals surface area contributed by atoms with Gasteiger partial charge in [-0.2, -0.15) is 0 Å². The van der Waals surface area contributed by atoms with E-state index in [1.165, 1.54) is 0 Å². The predicted octanol–water partition coefficient (Wildman–Crippen LogP) is 3.54. The molecule has 1 aliphatic heterocycles. The highest BCUT2D eigenvalue weighted by atomic mass is 16.5. The van der Waals surface area contributed by atoms with Crippen molar-refractivity contribution >= 4 is 22.7 Å². The summed E-state index contributed by atoms with van der Waals surface area (Å²) in [6.45, 7) is 3.78. The molecule has 1 saturated heterocycles. The van der Waals surface area contributed by atoms with Crippen molar-refractivity contribution in [3.63, 3.8) is 0 Å². The minimum atomic E-state index is -0.00925. The Labute approximate surface area is 187 Å². The second-order valence-corrected chi connectivity index (χ2v) is 7.99. The fourth-order valence-electron chi connectivity index (χ4n) is 4.15. The van der Waals surface area contributed by atoms with Crippen molar-refractivity contribution < 1.29 is 19.1 Å². The third-order valence-electron chi connectivity index (χ3n) is 5.89. The summed E-state index contributed by atoms with van der Waals surface area (Å²) < 4.78 is 10.7. The zero-order valence-corrected chi connectivity index (χ0v) is 18.5. The third-order valence-corrected chi connectivity index (χ3v) is 5.89. The summed E-state index contributed by atoms with van der Waals surface area (Å²) >= 11 is 0. The van der Waals surface area contributed by atoms with Gasteiger partial charge in [-0.3, -0.25) is 9.59 Å². The number of aromatic amines is 1. The van der Waals surface area contributed by atoms with Gasteiger partial charge in [0.05, 0.1) is 20.1 Å². The number of carbonyl (C=O) groups excluding carboxylic acids is 2. The van der Waals surface area contributed by atoms with Gasteiger partial charge in [-0.15, -0.1) is 0 Å². The van der Waals surface area contributed by atoms with E-state index in [2.05, 4.69) is 10.3 Å². The van der Waals surface area contributed by atoms with Crippen molar-refractivity contribution in [2.45, 2.75) is 32.2 Å². The lowest BCUT2D eigenvalue weighted by Gasteiger charge is -2.32. The van der Waals surface area contributed by atoms with Gasteiger partial charge in [0.1, 0.15) is 11.5 Å². The van der Waals surface area contributed by atoms with Crippen molar-refractivity contribution in [1.82, 2.24) is 15.2 Å². The van der Waals surface area contributed by atoms with E-state index in [-0.39, 0.29) is 17.9 Å². The Kier molecular flexibility index (Phi) is 6.63. The molecule has 3 aromatic rings. The van der Waals surface area contributed by atoms with Gasteiger partial charge in [-0.1, -0.05) is 0 Å². The number of benzene rings is 2. The van der Waals surface area contributed by atoms with Gasteiger partial charge in [0.15, 0.2) is 0 Å². The topological polar surface area (TPSA) is 83.7 Å². The first-order chi connectivity index (χ1) is 15.6. The van der Waals surface area contributed by atoms with Crippen LogP contribution in [0.2, 0.25) is 0 Å². The Morgan fingerprint density at radius 2 is 1.81 bits per heavy atom. The first-order valence-corrected chi connectivity index (χ1v) is 11.0. The van der Waals surface area contributed by atoms with E-state index in [1.54, 1.807) is 19.2 Å². The van der Waals surface area contributed by atoms with Crippen LogP contribution in [0.25, 0.3) is 10.9 Å². The van der Waals surface area contributed by atoms with Crippen molar-refractivity contribution in [2.24, 2.45) is 0 Å². The number of H-pyrrole nitrogens is 1. The highest BCUT2D eigenvalue weighted by Crippen LogP contribution is 2.24.